The first-order valence-corrected chi connectivity index (χ1v) is 10.9. The molecule has 3 atom stereocenters. The van der Waals surface area contributed by atoms with Crippen LogP contribution in [0, 0.1) is 25.7 Å². The molecule has 0 N–H and O–H groups in total. The Bertz CT molecular complexity index is 1060. The molecule has 2 saturated heterocycles. The van der Waals surface area contributed by atoms with Crippen LogP contribution in [0.15, 0.2) is 48.9 Å². The first kappa shape index (κ1) is 19.7. The minimum absolute atomic E-state index is 0.0743. The number of ether oxygens (including phenoxy) is 1. The van der Waals surface area contributed by atoms with Crippen molar-refractivity contribution in [3.8, 4) is 11.6 Å². The van der Waals surface area contributed by atoms with Gasteiger partial charge in [0.1, 0.15) is 0 Å². The lowest BCUT2D eigenvalue weighted by Gasteiger charge is -2.49. The van der Waals surface area contributed by atoms with Crippen LogP contribution in [0.2, 0.25) is 0 Å². The maximum atomic E-state index is 13.6. The van der Waals surface area contributed by atoms with Crippen LogP contribution in [0.3, 0.4) is 0 Å². The summed E-state index contributed by atoms with van der Waals surface area (Å²) in [4.78, 5) is 21.5. The summed E-state index contributed by atoms with van der Waals surface area (Å²) in [5.74, 6) is 1.66. The van der Waals surface area contributed by atoms with Crippen molar-refractivity contribution in [3.05, 3.63) is 65.6 Å². The predicted octanol–water partition coefficient (Wildman–Crippen LogP) is 3.60. The number of hydrogen-bond acceptors (Lipinski definition) is 5. The number of fused-ring (bicyclic) bond motifs is 3. The molecule has 7 heteroatoms. The minimum atomic E-state index is 0.0743. The van der Waals surface area contributed by atoms with E-state index in [4.69, 9.17) is 4.74 Å². The zero-order chi connectivity index (χ0) is 21.4. The average molecular weight is 418 g/mol. The first-order valence-electron chi connectivity index (χ1n) is 10.9. The summed E-state index contributed by atoms with van der Waals surface area (Å²) >= 11 is 0. The van der Waals surface area contributed by atoms with E-state index in [1.807, 2.05) is 50.4 Å². The second kappa shape index (κ2) is 8.13. The number of rotatable bonds is 5. The van der Waals surface area contributed by atoms with Gasteiger partial charge in [-0.25, -0.2) is 4.98 Å². The fraction of sp³-hybridized carbons (Fsp3) is 0.417. The summed E-state index contributed by atoms with van der Waals surface area (Å²) in [6, 6.07) is 10.1. The SMILES string of the molecule is Cc1ccc(OCC2CC3CCC2CN3C(=O)c2cc(C)ccc2-n2nccn2)nc1. The molecule has 160 valence electrons. The summed E-state index contributed by atoms with van der Waals surface area (Å²) in [5, 5.41) is 8.47. The van der Waals surface area contributed by atoms with Gasteiger partial charge in [-0.05, 0) is 62.6 Å². The van der Waals surface area contributed by atoms with Crippen LogP contribution < -0.4 is 4.74 Å². The second-order valence-corrected chi connectivity index (χ2v) is 8.77. The molecule has 3 fully saturated rings. The Balaban J connectivity index is 1.31. The highest BCUT2D eigenvalue weighted by atomic mass is 16.5. The van der Waals surface area contributed by atoms with Gasteiger partial charge in [-0.15, -0.1) is 0 Å². The lowest BCUT2D eigenvalue weighted by Crippen LogP contribution is -2.55. The van der Waals surface area contributed by atoms with E-state index >= 15 is 0 Å². The normalized spacial score (nSPS) is 22.5. The Kier molecular flexibility index (Phi) is 5.18. The smallest absolute Gasteiger partial charge is 0.256 e. The van der Waals surface area contributed by atoms with Gasteiger partial charge in [0.25, 0.3) is 5.91 Å². The standard InChI is InChI=1S/C24H27N5O2/c1-16-3-7-22(29-26-9-10-27-29)21(11-16)24(30)28-14-18-5-6-20(28)12-19(18)15-31-23-8-4-17(2)13-25-23/h3-4,7-11,13,18-20H,5-6,12,14-15H2,1-2H3. The fourth-order valence-electron chi connectivity index (χ4n) is 4.90. The molecule has 4 heterocycles. The monoisotopic (exact) mass is 417 g/mol. The van der Waals surface area contributed by atoms with E-state index in [9.17, 15) is 4.79 Å². The number of piperidine rings is 2. The number of hydrogen-bond donors (Lipinski definition) is 0. The van der Waals surface area contributed by atoms with Gasteiger partial charge in [-0.3, -0.25) is 4.79 Å². The van der Waals surface area contributed by atoms with Gasteiger partial charge in [0, 0.05) is 24.8 Å². The lowest BCUT2D eigenvalue weighted by atomic mass is 9.72. The Labute approximate surface area is 182 Å². The highest BCUT2D eigenvalue weighted by Crippen LogP contribution is 2.40. The largest absolute Gasteiger partial charge is 0.477 e. The molecular formula is C24H27N5O2. The van der Waals surface area contributed by atoms with Crippen molar-refractivity contribution >= 4 is 5.91 Å². The molecule has 1 saturated carbocycles. The molecule has 3 unspecified atom stereocenters. The topological polar surface area (TPSA) is 73.1 Å². The van der Waals surface area contributed by atoms with Crippen molar-refractivity contribution in [2.75, 3.05) is 13.2 Å². The molecule has 2 aliphatic heterocycles. The number of aromatic nitrogens is 4. The van der Waals surface area contributed by atoms with Crippen LogP contribution in [-0.2, 0) is 0 Å². The number of carbonyl (C=O) groups is 1. The Morgan fingerprint density at radius 3 is 2.61 bits per heavy atom. The molecule has 1 aliphatic carbocycles. The van der Waals surface area contributed by atoms with Gasteiger partial charge < -0.3 is 9.64 Å². The quantitative estimate of drug-likeness (QED) is 0.634. The van der Waals surface area contributed by atoms with Crippen LogP contribution in [0.4, 0.5) is 0 Å². The number of aryl methyl sites for hydroxylation is 2. The molecule has 1 aromatic carbocycles. The van der Waals surface area contributed by atoms with Crippen molar-refractivity contribution in [2.24, 2.45) is 11.8 Å². The number of nitrogens with zero attached hydrogens (tertiary/aromatic N) is 5. The summed E-state index contributed by atoms with van der Waals surface area (Å²) in [5.41, 5.74) is 3.57. The third kappa shape index (κ3) is 3.92. The molecule has 3 aliphatic rings. The van der Waals surface area contributed by atoms with Gasteiger partial charge >= 0.3 is 0 Å². The Morgan fingerprint density at radius 2 is 1.90 bits per heavy atom. The fourth-order valence-corrected chi connectivity index (χ4v) is 4.90. The molecule has 0 radical (unpaired) electrons. The summed E-state index contributed by atoms with van der Waals surface area (Å²) in [6.07, 6.45) is 8.26. The second-order valence-electron chi connectivity index (χ2n) is 8.77. The van der Waals surface area contributed by atoms with E-state index in [1.165, 1.54) is 4.80 Å². The maximum absolute atomic E-state index is 13.6. The van der Waals surface area contributed by atoms with Gasteiger partial charge in [0.15, 0.2) is 0 Å². The van der Waals surface area contributed by atoms with E-state index in [2.05, 4.69) is 20.1 Å². The summed E-state index contributed by atoms with van der Waals surface area (Å²) in [6.45, 7) is 5.46. The highest BCUT2D eigenvalue weighted by molar-refractivity contribution is 5.98. The van der Waals surface area contributed by atoms with Crippen molar-refractivity contribution in [1.82, 2.24) is 24.9 Å². The zero-order valence-corrected chi connectivity index (χ0v) is 17.9. The van der Waals surface area contributed by atoms with Gasteiger partial charge in [-0.1, -0.05) is 17.7 Å². The number of pyridine rings is 1. The molecule has 3 aromatic rings. The van der Waals surface area contributed by atoms with Crippen molar-refractivity contribution < 1.29 is 9.53 Å². The molecule has 1 amide bonds. The zero-order valence-electron chi connectivity index (χ0n) is 17.9. The van der Waals surface area contributed by atoms with Crippen LogP contribution in [-0.4, -0.2) is 50.0 Å². The lowest BCUT2D eigenvalue weighted by molar-refractivity contribution is -0.00474. The Morgan fingerprint density at radius 1 is 1.10 bits per heavy atom. The minimum Gasteiger partial charge on any atom is -0.477 e. The van der Waals surface area contributed by atoms with E-state index in [-0.39, 0.29) is 11.9 Å². The molecule has 2 aromatic heterocycles. The van der Waals surface area contributed by atoms with E-state index < -0.39 is 0 Å². The summed E-state index contributed by atoms with van der Waals surface area (Å²) in [7, 11) is 0. The summed E-state index contributed by atoms with van der Waals surface area (Å²) < 4.78 is 5.98. The highest BCUT2D eigenvalue weighted by Gasteiger charge is 2.43. The van der Waals surface area contributed by atoms with Gasteiger partial charge in [0.2, 0.25) is 5.88 Å². The van der Waals surface area contributed by atoms with Crippen LogP contribution in [0.1, 0.15) is 40.7 Å². The maximum Gasteiger partial charge on any atom is 0.256 e. The van der Waals surface area contributed by atoms with Crippen LogP contribution in [0.5, 0.6) is 5.88 Å². The van der Waals surface area contributed by atoms with E-state index in [0.717, 1.165) is 42.6 Å². The van der Waals surface area contributed by atoms with Gasteiger partial charge in [0.05, 0.1) is 30.3 Å². The predicted molar refractivity (Wildman–Crippen MR) is 116 cm³/mol. The van der Waals surface area contributed by atoms with Crippen LogP contribution in [0.25, 0.3) is 5.69 Å². The third-order valence-corrected chi connectivity index (χ3v) is 6.59. The van der Waals surface area contributed by atoms with E-state index in [0.29, 0.717) is 29.9 Å². The van der Waals surface area contributed by atoms with E-state index in [1.54, 1.807) is 12.4 Å². The molecule has 7 nitrogen and oxygen atoms in total. The molecule has 2 bridgehead atoms. The molecule has 31 heavy (non-hydrogen) atoms. The average Bonchev–Trinajstić information content (AvgIpc) is 3.33. The first-order chi connectivity index (χ1) is 15.1. The molecule has 6 rings (SSSR count). The molecular weight excluding hydrogens is 390 g/mol. The molecule has 0 spiro atoms. The number of carbonyl (C=O) groups excluding carboxylic acids is 1. The van der Waals surface area contributed by atoms with Crippen LogP contribution >= 0.6 is 0 Å². The Hall–Kier alpha value is -3.22. The van der Waals surface area contributed by atoms with Gasteiger partial charge in [-0.2, -0.15) is 15.0 Å². The number of amides is 1. The van der Waals surface area contributed by atoms with Crippen molar-refractivity contribution in [2.45, 2.75) is 39.2 Å². The van der Waals surface area contributed by atoms with Crippen molar-refractivity contribution in [1.29, 1.82) is 0 Å². The number of benzene rings is 1. The third-order valence-electron chi connectivity index (χ3n) is 6.59. The van der Waals surface area contributed by atoms with Crippen molar-refractivity contribution in [3.63, 3.8) is 0 Å².